The number of rotatable bonds is 7. The van der Waals surface area contributed by atoms with Crippen LogP contribution in [0.25, 0.3) is 0 Å². The third-order valence-corrected chi connectivity index (χ3v) is 5.45. The third-order valence-electron chi connectivity index (χ3n) is 5.45. The lowest BCUT2D eigenvalue weighted by molar-refractivity contribution is -0.0390. The van der Waals surface area contributed by atoms with Gasteiger partial charge < -0.3 is 30.2 Å². The number of halogens is 1. The molecule has 2 fully saturated rings. The van der Waals surface area contributed by atoms with Gasteiger partial charge in [0.2, 0.25) is 0 Å². The van der Waals surface area contributed by atoms with Crippen LogP contribution in [0.4, 0.5) is 4.79 Å². The van der Waals surface area contributed by atoms with Crippen LogP contribution in [0.3, 0.4) is 0 Å². The van der Waals surface area contributed by atoms with E-state index in [9.17, 15) is 4.79 Å². The first-order valence-electron chi connectivity index (χ1n) is 10.9. The Morgan fingerprint density at radius 1 is 1.23 bits per heavy atom. The number of benzene rings is 1. The van der Waals surface area contributed by atoms with Crippen molar-refractivity contribution in [1.29, 1.82) is 0 Å². The Balaban J connectivity index is 0.00000341. The molecular weight excluding hydrogens is 511 g/mol. The lowest BCUT2D eigenvalue weighted by atomic mass is 10.1. The molecule has 0 unspecified atom stereocenters. The Labute approximate surface area is 201 Å². The molecule has 0 atom stereocenters. The maximum atomic E-state index is 11.8. The molecule has 0 aliphatic carbocycles. The van der Waals surface area contributed by atoms with E-state index in [1.54, 1.807) is 4.90 Å². The number of carbonyl (C=O) groups is 1. The third kappa shape index (κ3) is 8.82. The number of hydrogen-bond acceptors (Lipinski definition) is 5. The van der Waals surface area contributed by atoms with E-state index in [4.69, 9.17) is 19.9 Å². The summed E-state index contributed by atoms with van der Waals surface area (Å²) in [6.07, 6.45) is 3.63. The van der Waals surface area contributed by atoms with Gasteiger partial charge in [0.05, 0.1) is 25.9 Å². The molecular formula is C22H35IN4O4. The molecule has 174 valence electrons. The van der Waals surface area contributed by atoms with E-state index in [2.05, 4.69) is 22.4 Å². The molecule has 1 amide bonds. The minimum atomic E-state index is -0.238. The monoisotopic (exact) mass is 546 g/mol. The van der Waals surface area contributed by atoms with Crippen LogP contribution >= 0.6 is 24.0 Å². The fourth-order valence-electron chi connectivity index (χ4n) is 3.73. The van der Waals surface area contributed by atoms with E-state index >= 15 is 0 Å². The number of ether oxygens (including phenoxy) is 3. The Kier molecular flexibility index (Phi) is 11.4. The summed E-state index contributed by atoms with van der Waals surface area (Å²) in [5.41, 5.74) is 8.33. The van der Waals surface area contributed by atoms with Gasteiger partial charge in [-0.15, -0.1) is 24.0 Å². The van der Waals surface area contributed by atoms with Gasteiger partial charge in [-0.05, 0) is 43.7 Å². The van der Waals surface area contributed by atoms with Gasteiger partial charge in [0.25, 0.3) is 0 Å². The molecule has 3 N–H and O–H groups in total. The highest BCUT2D eigenvalue weighted by Gasteiger charge is 2.23. The molecule has 2 saturated heterocycles. The smallest absolute Gasteiger partial charge is 0.409 e. The molecule has 2 heterocycles. The van der Waals surface area contributed by atoms with Crippen LogP contribution in [0.5, 0.6) is 0 Å². The van der Waals surface area contributed by atoms with Crippen LogP contribution in [0.2, 0.25) is 0 Å². The van der Waals surface area contributed by atoms with E-state index in [0.717, 1.165) is 50.0 Å². The average Bonchev–Trinajstić information content (AvgIpc) is 2.78. The SMILES string of the molecule is CCOC(=O)N1CCC(NC(N)=NCc2cccc(COC3CCOCC3)c2)CC1.I. The van der Waals surface area contributed by atoms with Gasteiger partial charge in [-0.2, -0.15) is 0 Å². The predicted octanol–water partition coefficient (Wildman–Crippen LogP) is 3.03. The Bertz CT molecular complexity index is 705. The zero-order valence-electron chi connectivity index (χ0n) is 18.3. The standard InChI is InChI=1S/C22H34N4O4.HI/c1-2-29-22(27)26-10-6-19(7-11-26)25-21(23)24-15-17-4-3-5-18(14-17)16-30-20-8-12-28-13-9-20;/h3-5,14,19-20H,2,6-13,15-16H2,1H3,(H3,23,24,25);1H. The van der Waals surface area contributed by atoms with Gasteiger partial charge in [-0.3, -0.25) is 0 Å². The first-order valence-corrected chi connectivity index (χ1v) is 10.9. The van der Waals surface area contributed by atoms with E-state index in [1.165, 1.54) is 0 Å². The Hall–Kier alpha value is -1.59. The van der Waals surface area contributed by atoms with Gasteiger partial charge >= 0.3 is 6.09 Å². The van der Waals surface area contributed by atoms with Gasteiger partial charge in [0.15, 0.2) is 5.96 Å². The van der Waals surface area contributed by atoms with Crippen molar-refractivity contribution in [1.82, 2.24) is 10.2 Å². The van der Waals surface area contributed by atoms with Crippen LogP contribution in [0.15, 0.2) is 29.3 Å². The van der Waals surface area contributed by atoms with Gasteiger partial charge in [-0.1, -0.05) is 24.3 Å². The maximum absolute atomic E-state index is 11.8. The molecule has 2 aliphatic heterocycles. The second kappa shape index (κ2) is 13.7. The quantitative estimate of drug-likeness (QED) is 0.310. The van der Waals surface area contributed by atoms with Gasteiger partial charge in [0, 0.05) is 32.3 Å². The summed E-state index contributed by atoms with van der Waals surface area (Å²) in [5.74, 6) is 0.438. The molecule has 0 spiro atoms. The predicted molar refractivity (Wildman–Crippen MR) is 131 cm³/mol. The number of likely N-dealkylation sites (tertiary alicyclic amines) is 1. The molecule has 31 heavy (non-hydrogen) atoms. The zero-order valence-corrected chi connectivity index (χ0v) is 20.6. The largest absolute Gasteiger partial charge is 0.450 e. The second-order valence-corrected chi connectivity index (χ2v) is 7.75. The molecule has 0 saturated carbocycles. The van der Waals surface area contributed by atoms with Crippen molar-refractivity contribution in [3.05, 3.63) is 35.4 Å². The minimum absolute atomic E-state index is 0. The second-order valence-electron chi connectivity index (χ2n) is 7.75. The number of nitrogens with one attached hydrogen (secondary N) is 1. The molecule has 3 rings (SSSR count). The number of nitrogens with two attached hydrogens (primary N) is 1. The first kappa shape index (κ1) is 25.7. The van der Waals surface area contributed by atoms with Crippen LogP contribution < -0.4 is 11.1 Å². The zero-order chi connectivity index (χ0) is 21.2. The summed E-state index contributed by atoms with van der Waals surface area (Å²) in [6, 6.07) is 8.49. The van der Waals surface area contributed by atoms with E-state index in [1.807, 2.05) is 19.1 Å². The van der Waals surface area contributed by atoms with Crippen LogP contribution in [-0.2, 0) is 27.4 Å². The molecule has 8 nitrogen and oxygen atoms in total. The number of hydrogen-bond donors (Lipinski definition) is 2. The van der Waals surface area contributed by atoms with E-state index < -0.39 is 0 Å². The van der Waals surface area contributed by atoms with Crippen molar-refractivity contribution in [2.45, 2.75) is 57.9 Å². The van der Waals surface area contributed by atoms with Crippen LogP contribution in [0.1, 0.15) is 43.7 Å². The van der Waals surface area contributed by atoms with Crippen molar-refractivity contribution < 1.29 is 19.0 Å². The Morgan fingerprint density at radius 3 is 2.65 bits per heavy atom. The van der Waals surface area contributed by atoms with Crippen molar-refractivity contribution >= 4 is 36.0 Å². The van der Waals surface area contributed by atoms with Gasteiger partial charge in [0.1, 0.15) is 0 Å². The highest BCUT2D eigenvalue weighted by atomic mass is 127. The summed E-state index contributed by atoms with van der Waals surface area (Å²) in [5, 5.41) is 3.28. The molecule has 1 aromatic carbocycles. The summed E-state index contributed by atoms with van der Waals surface area (Å²) >= 11 is 0. The van der Waals surface area contributed by atoms with Crippen LogP contribution in [0, 0.1) is 0 Å². The number of carbonyl (C=O) groups excluding carboxylic acids is 1. The molecule has 1 aromatic rings. The summed E-state index contributed by atoms with van der Waals surface area (Å²) in [7, 11) is 0. The average molecular weight is 546 g/mol. The first-order chi connectivity index (χ1) is 14.6. The molecule has 0 aromatic heterocycles. The van der Waals surface area contributed by atoms with E-state index in [-0.39, 0.29) is 42.2 Å². The number of aliphatic imine (C=N–C) groups is 1. The van der Waals surface area contributed by atoms with Gasteiger partial charge in [-0.25, -0.2) is 9.79 Å². The number of guanidine groups is 1. The fraction of sp³-hybridized carbons (Fsp3) is 0.636. The minimum Gasteiger partial charge on any atom is -0.450 e. The maximum Gasteiger partial charge on any atom is 0.409 e. The van der Waals surface area contributed by atoms with Crippen molar-refractivity contribution in [2.75, 3.05) is 32.9 Å². The van der Waals surface area contributed by atoms with Crippen LogP contribution in [-0.4, -0.2) is 62.0 Å². The van der Waals surface area contributed by atoms with Crippen molar-refractivity contribution in [3.63, 3.8) is 0 Å². The summed E-state index contributed by atoms with van der Waals surface area (Å²) in [4.78, 5) is 18.0. The lowest BCUT2D eigenvalue weighted by Crippen LogP contribution is -2.48. The number of nitrogens with zero attached hydrogens (tertiary/aromatic N) is 2. The highest BCUT2D eigenvalue weighted by molar-refractivity contribution is 14.0. The normalized spacial score (nSPS) is 18.4. The topological polar surface area (TPSA) is 98.4 Å². The summed E-state index contributed by atoms with van der Waals surface area (Å²) < 4.78 is 16.4. The molecule has 0 radical (unpaired) electrons. The lowest BCUT2D eigenvalue weighted by Gasteiger charge is -2.31. The summed E-state index contributed by atoms with van der Waals surface area (Å²) in [6.45, 7) is 6.25. The molecule has 2 aliphatic rings. The molecule has 0 bridgehead atoms. The van der Waals surface area contributed by atoms with Crippen molar-refractivity contribution in [2.24, 2.45) is 10.7 Å². The molecule has 9 heteroatoms. The number of amides is 1. The Morgan fingerprint density at radius 2 is 1.94 bits per heavy atom. The van der Waals surface area contributed by atoms with E-state index in [0.29, 0.717) is 38.8 Å². The fourth-order valence-corrected chi connectivity index (χ4v) is 3.73. The highest BCUT2D eigenvalue weighted by Crippen LogP contribution is 2.15. The van der Waals surface area contributed by atoms with Crippen molar-refractivity contribution in [3.8, 4) is 0 Å². The number of piperidine rings is 1.